The van der Waals surface area contributed by atoms with E-state index in [9.17, 15) is 28.8 Å². The molecule has 0 fully saturated rings. The molecule has 5 amide bonds. The average Bonchev–Trinajstić information content (AvgIpc) is 3.98. The van der Waals surface area contributed by atoms with E-state index in [1.54, 1.807) is 77.3 Å². The van der Waals surface area contributed by atoms with Crippen LogP contribution in [0.4, 0.5) is 28.4 Å². The van der Waals surface area contributed by atoms with E-state index < -0.39 is 23.7 Å². The van der Waals surface area contributed by atoms with Gasteiger partial charge in [0.1, 0.15) is 22.8 Å². The summed E-state index contributed by atoms with van der Waals surface area (Å²) in [6.45, 7) is 1.52. The highest BCUT2D eigenvalue weighted by Gasteiger charge is 2.21. The van der Waals surface area contributed by atoms with Crippen LogP contribution in [-0.2, 0) is 37.7 Å². The first kappa shape index (κ1) is 45.6. The Kier molecular flexibility index (Phi) is 14.8. The molecule has 0 bridgehead atoms. The van der Waals surface area contributed by atoms with Crippen LogP contribution in [0, 0.1) is 0 Å². The summed E-state index contributed by atoms with van der Waals surface area (Å²) >= 11 is 0. The van der Waals surface area contributed by atoms with Crippen LogP contribution in [0.5, 0.6) is 11.5 Å². The van der Waals surface area contributed by atoms with Crippen LogP contribution < -0.4 is 41.8 Å². The molecule has 5 rings (SSSR count). The highest BCUT2D eigenvalue weighted by atomic mass is 16.5. The van der Waals surface area contributed by atoms with Crippen molar-refractivity contribution < 1.29 is 43.0 Å². The number of nitrogens with two attached hydrogens (primary N) is 1. The molecule has 0 aliphatic heterocycles. The maximum atomic E-state index is 13.4. The molecule has 0 atom stereocenters. The van der Waals surface area contributed by atoms with Crippen LogP contribution in [0.1, 0.15) is 71.6 Å². The van der Waals surface area contributed by atoms with E-state index in [-0.39, 0.29) is 58.9 Å². The number of carbonyl (C=O) groups is 6. The van der Waals surface area contributed by atoms with Gasteiger partial charge in [0.15, 0.2) is 11.5 Å². The molecule has 5 aromatic rings. The second-order valence-electron chi connectivity index (χ2n) is 14.8. The largest absolute Gasteiger partial charge is 0.493 e. The Labute approximate surface area is 358 Å². The monoisotopic (exact) mass is 855 g/mol. The lowest BCUT2D eigenvalue weighted by Gasteiger charge is -2.13. The molecule has 330 valence electrons. The Morgan fingerprint density at radius 1 is 0.613 bits per heavy atom. The topological polar surface area (TPSA) is 239 Å². The molecule has 0 saturated carbocycles. The van der Waals surface area contributed by atoms with Crippen molar-refractivity contribution in [3.63, 3.8) is 0 Å². The first-order valence-electron chi connectivity index (χ1n) is 19.5. The van der Waals surface area contributed by atoms with Gasteiger partial charge in [0.25, 0.3) is 23.6 Å². The minimum atomic E-state index is -0.611. The number of anilines is 5. The summed E-state index contributed by atoms with van der Waals surface area (Å²) < 4.78 is 22.1. The first-order chi connectivity index (χ1) is 29.5. The van der Waals surface area contributed by atoms with Crippen LogP contribution in [-0.4, -0.2) is 107 Å². The van der Waals surface area contributed by atoms with Gasteiger partial charge >= 0.3 is 5.97 Å². The van der Waals surface area contributed by atoms with Crippen molar-refractivity contribution in [1.82, 2.24) is 28.5 Å². The Morgan fingerprint density at radius 2 is 1.06 bits per heavy atom. The number of aromatic nitrogens is 4. The molecule has 7 N–H and O–H groups in total. The maximum absolute atomic E-state index is 13.4. The number of nitrogens with one attached hydrogen (secondary N) is 5. The van der Waals surface area contributed by atoms with Crippen molar-refractivity contribution >= 4 is 63.9 Å². The van der Waals surface area contributed by atoms with Crippen molar-refractivity contribution in [3.8, 4) is 11.5 Å². The standard InChI is InChI=1S/C42H53N11O9/c1-49(2)13-10-12-44-38(55)31-16-26(22-50(31)3)46-40(57)33-18-28(24-52(33)5)48-41(58)34-17-27(23-53(34)6)47-39(56)32-15-25(21-51(32)4)45-37(54)11-9-14-62-36-20-30(43)29(42(59)61-8)19-35(36)60-7/h15-24H,9-14,43H2,1-8H3,(H,44,55)(H,45,54)(H,46,57)(H,47,56)(H,48,58). The quantitative estimate of drug-likeness (QED) is 0.0398. The van der Waals surface area contributed by atoms with E-state index in [4.69, 9.17) is 19.9 Å². The number of hydrogen-bond donors (Lipinski definition) is 6. The van der Waals surface area contributed by atoms with Gasteiger partial charge in [-0.15, -0.1) is 0 Å². The summed E-state index contributed by atoms with van der Waals surface area (Å²) in [6, 6.07) is 9.05. The molecule has 20 nitrogen and oxygen atoms in total. The fraction of sp³-hybridized carbons (Fsp3) is 0.333. The number of nitrogen functional groups attached to an aromatic ring is 1. The number of rotatable bonds is 19. The molecule has 0 saturated heterocycles. The number of amides is 5. The Bertz CT molecular complexity index is 2470. The fourth-order valence-electron chi connectivity index (χ4n) is 6.48. The van der Waals surface area contributed by atoms with E-state index in [0.29, 0.717) is 47.2 Å². The summed E-state index contributed by atoms with van der Waals surface area (Å²) in [5.74, 6) is -1.97. The normalized spacial score (nSPS) is 10.9. The number of hydrogen-bond acceptors (Lipinski definition) is 11. The minimum Gasteiger partial charge on any atom is -0.493 e. The zero-order chi connectivity index (χ0) is 45.2. The van der Waals surface area contributed by atoms with Crippen molar-refractivity contribution in [2.45, 2.75) is 19.3 Å². The second kappa shape index (κ2) is 20.2. The highest BCUT2D eigenvalue weighted by Crippen LogP contribution is 2.33. The molecule has 0 spiro atoms. The SMILES string of the molecule is COC(=O)c1cc(OC)c(OCCCC(=O)Nc2cc(C(=O)Nc3cc(C(=O)Nc4cc(C(=O)Nc5cc(C(=O)NCCCN(C)C)n(C)c5)n(C)c4)n(C)c3)n(C)c2)cc1N. The molecule has 0 radical (unpaired) electrons. The molecule has 20 heteroatoms. The van der Waals surface area contributed by atoms with Crippen LogP contribution in [0.2, 0.25) is 0 Å². The van der Waals surface area contributed by atoms with Gasteiger partial charge in [-0.05, 0) is 57.7 Å². The number of esters is 1. The number of benzene rings is 1. The van der Waals surface area contributed by atoms with Gasteiger partial charge < -0.3 is 69.7 Å². The lowest BCUT2D eigenvalue weighted by atomic mass is 10.1. The van der Waals surface area contributed by atoms with Gasteiger partial charge in [0, 0.05) is 78.1 Å². The third-order valence-electron chi connectivity index (χ3n) is 9.62. The van der Waals surface area contributed by atoms with Crippen molar-refractivity contribution in [2.24, 2.45) is 28.2 Å². The molecule has 1 aromatic carbocycles. The summed E-state index contributed by atoms with van der Waals surface area (Å²) in [5, 5.41) is 14.1. The smallest absolute Gasteiger partial charge is 0.340 e. The molecule has 4 heterocycles. The van der Waals surface area contributed by atoms with E-state index >= 15 is 0 Å². The third-order valence-corrected chi connectivity index (χ3v) is 9.62. The minimum absolute atomic E-state index is 0.106. The number of nitrogens with zero attached hydrogens (tertiary/aromatic N) is 5. The van der Waals surface area contributed by atoms with Gasteiger partial charge in [0.2, 0.25) is 5.91 Å². The van der Waals surface area contributed by atoms with Crippen molar-refractivity contribution in [3.05, 3.63) is 89.5 Å². The van der Waals surface area contributed by atoms with Crippen molar-refractivity contribution in [1.29, 1.82) is 0 Å². The van der Waals surface area contributed by atoms with Crippen molar-refractivity contribution in [2.75, 3.05) is 75.0 Å². The van der Waals surface area contributed by atoms with Crippen LogP contribution in [0.3, 0.4) is 0 Å². The van der Waals surface area contributed by atoms with Gasteiger partial charge in [-0.25, -0.2) is 4.79 Å². The zero-order valence-corrected chi connectivity index (χ0v) is 36.0. The van der Waals surface area contributed by atoms with Gasteiger partial charge in [-0.1, -0.05) is 0 Å². The highest BCUT2D eigenvalue weighted by molar-refractivity contribution is 6.09. The molecule has 0 unspecified atom stereocenters. The molecule has 62 heavy (non-hydrogen) atoms. The van der Waals surface area contributed by atoms with E-state index in [0.717, 1.165) is 13.0 Å². The number of carbonyl (C=O) groups excluding carboxylic acids is 6. The summed E-state index contributed by atoms with van der Waals surface area (Å²) in [7, 11) is 13.3. The van der Waals surface area contributed by atoms with Crippen LogP contribution >= 0.6 is 0 Å². The average molecular weight is 856 g/mol. The lowest BCUT2D eigenvalue weighted by Crippen LogP contribution is -2.28. The van der Waals surface area contributed by atoms with E-state index in [1.807, 2.05) is 19.0 Å². The molecule has 0 aliphatic carbocycles. The van der Waals surface area contributed by atoms with Gasteiger partial charge in [-0.3, -0.25) is 24.0 Å². The number of ether oxygens (including phenoxy) is 3. The number of aryl methyl sites for hydroxylation is 4. The first-order valence-corrected chi connectivity index (χ1v) is 19.5. The maximum Gasteiger partial charge on any atom is 0.340 e. The van der Waals surface area contributed by atoms with Gasteiger partial charge in [-0.2, -0.15) is 0 Å². The summed E-state index contributed by atoms with van der Waals surface area (Å²) in [4.78, 5) is 79.3. The molecular weight excluding hydrogens is 803 g/mol. The fourth-order valence-corrected chi connectivity index (χ4v) is 6.48. The van der Waals surface area contributed by atoms with Crippen LogP contribution in [0.25, 0.3) is 0 Å². The number of methoxy groups -OCH3 is 2. The third kappa shape index (κ3) is 11.4. The summed E-state index contributed by atoms with van der Waals surface area (Å²) in [5.41, 5.74) is 8.97. The predicted octanol–water partition coefficient (Wildman–Crippen LogP) is 3.65. The zero-order valence-electron chi connectivity index (χ0n) is 36.0. The van der Waals surface area contributed by atoms with Crippen LogP contribution in [0.15, 0.2) is 61.2 Å². The summed E-state index contributed by atoms with van der Waals surface area (Å²) in [6.07, 6.45) is 7.67. The van der Waals surface area contributed by atoms with E-state index in [2.05, 4.69) is 26.6 Å². The lowest BCUT2D eigenvalue weighted by molar-refractivity contribution is -0.116. The Hall–Kier alpha value is -7.48. The molecule has 4 aromatic heterocycles. The van der Waals surface area contributed by atoms with E-state index in [1.165, 1.54) is 44.6 Å². The Morgan fingerprint density at radius 3 is 1.50 bits per heavy atom. The Balaban J connectivity index is 1.11. The second-order valence-corrected chi connectivity index (χ2v) is 14.8. The molecular formula is C42H53N11O9. The molecule has 0 aliphatic rings. The predicted molar refractivity (Wildman–Crippen MR) is 233 cm³/mol. The van der Waals surface area contributed by atoms with Gasteiger partial charge in [0.05, 0.1) is 54.8 Å².